The van der Waals surface area contributed by atoms with Crippen molar-refractivity contribution in [1.29, 1.82) is 0 Å². The van der Waals surface area contributed by atoms with E-state index < -0.39 is 0 Å². The van der Waals surface area contributed by atoms with Gasteiger partial charge in [-0.2, -0.15) is 0 Å². The van der Waals surface area contributed by atoms with E-state index in [9.17, 15) is 0 Å². The quantitative estimate of drug-likeness (QED) is 0.826. The van der Waals surface area contributed by atoms with Gasteiger partial charge in [-0.1, -0.05) is 15.9 Å². The van der Waals surface area contributed by atoms with Crippen LogP contribution in [0, 0.1) is 6.92 Å². The summed E-state index contributed by atoms with van der Waals surface area (Å²) in [4.78, 5) is 7.88. The number of halogens is 1. The van der Waals surface area contributed by atoms with E-state index in [0.717, 1.165) is 29.0 Å². The number of methoxy groups -OCH3 is 1. The highest BCUT2D eigenvalue weighted by atomic mass is 79.9. The number of aromatic nitrogens is 1. The summed E-state index contributed by atoms with van der Waals surface area (Å²) < 4.78 is 6.38. The zero-order valence-electron chi connectivity index (χ0n) is 11.3. The van der Waals surface area contributed by atoms with Gasteiger partial charge < -0.3 is 4.74 Å². The Morgan fingerprint density at radius 2 is 2.16 bits per heavy atom. The van der Waals surface area contributed by atoms with Gasteiger partial charge in [0.05, 0.1) is 18.3 Å². The number of thiazole rings is 1. The highest BCUT2D eigenvalue weighted by Crippen LogP contribution is 2.24. The summed E-state index contributed by atoms with van der Waals surface area (Å²) >= 11 is 5.30. The highest BCUT2D eigenvalue weighted by molar-refractivity contribution is 9.10. The smallest absolute Gasteiger partial charge is 0.119 e. The average molecular weight is 341 g/mol. The van der Waals surface area contributed by atoms with Gasteiger partial charge in [0.1, 0.15) is 5.75 Å². The Morgan fingerprint density at radius 1 is 1.37 bits per heavy atom. The highest BCUT2D eigenvalue weighted by Gasteiger charge is 2.09. The third kappa shape index (κ3) is 3.78. The molecule has 1 aromatic heterocycles. The van der Waals surface area contributed by atoms with Crippen molar-refractivity contribution in [3.63, 3.8) is 0 Å². The molecule has 1 heterocycles. The molecule has 1 aromatic carbocycles. The van der Waals surface area contributed by atoms with Gasteiger partial charge in [-0.05, 0) is 37.7 Å². The number of ether oxygens (including phenoxy) is 1. The predicted molar refractivity (Wildman–Crippen MR) is 82.7 cm³/mol. The normalized spacial score (nSPS) is 11.0. The van der Waals surface area contributed by atoms with E-state index in [2.05, 4.69) is 45.9 Å². The lowest BCUT2D eigenvalue weighted by Crippen LogP contribution is -2.17. The first-order valence-corrected chi connectivity index (χ1v) is 7.67. The maximum absolute atomic E-state index is 5.27. The van der Waals surface area contributed by atoms with Crippen molar-refractivity contribution < 1.29 is 4.74 Å². The maximum atomic E-state index is 5.27. The average Bonchev–Trinajstić information content (AvgIpc) is 2.78. The summed E-state index contributed by atoms with van der Waals surface area (Å²) in [5.41, 5.74) is 4.26. The van der Waals surface area contributed by atoms with Gasteiger partial charge in [0.15, 0.2) is 0 Å². The molecule has 0 N–H and O–H groups in total. The van der Waals surface area contributed by atoms with Gasteiger partial charge in [-0.3, -0.25) is 4.90 Å². The standard InChI is InChI=1S/C14H17BrN2OS/c1-10-14(19-9-16-10)8-17(2)7-11-6-12(18-3)4-5-13(11)15/h4-6,9H,7-8H2,1-3H3. The number of rotatable bonds is 5. The van der Waals surface area contributed by atoms with Crippen LogP contribution in [0.1, 0.15) is 16.1 Å². The third-order valence-electron chi connectivity index (χ3n) is 2.95. The van der Waals surface area contributed by atoms with E-state index >= 15 is 0 Å². The summed E-state index contributed by atoms with van der Waals surface area (Å²) in [5, 5.41) is 0. The second kappa shape index (κ2) is 6.50. The van der Waals surface area contributed by atoms with Gasteiger partial charge in [-0.15, -0.1) is 11.3 Å². The Labute approximate surface area is 126 Å². The van der Waals surface area contributed by atoms with Gasteiger partial charge in [0.2, 0.25) is 0 Å². The first-order chi connectivity index (χ1) is 9.10. The van der Waals surface area contributed by atoms with Crippen LogP contribution in [-0.2, 0) is 13.1 Å². The number of hydrogen-bond donors (Lipinski definition) is 0. The first kappa shape index (κ1) is 14.5. The lowest BCUT2D eigenvalue weighted by atomic mass is 10.2. The molecule has 0 atom stereocenters. The Kier molecular flexibility index (Phi) is 4.96. The van der Waals surface area contributed by atoms with Gasteiger partial charge >= 0.3 is 0 Å². The second-order valence-corrected chi connectivity index (χ2v) is 6.28. The summed E-state index contributed by atoms with van der Waals surface area (Å²) in [6, 6.07) is 6.06. The molecule has 0 aliphatic rings. The minimum atomic E-state index is 0.870. The fraction of sp³-hybridized carbons (Fsp3) is 0.357. The van der Waals surface area contributed by atoms with Crippen LogP contribution >= 0.6 is 27.3 Å². The van der Waals surface area contributed by atoms with Crippen molar-refractivity contribution in [2.24, 2.45) is 0 Å². The topological polar surface area (TPSA) is 25.4 Å². The Hall–Kier alpha value is -0.910. The predicted octanol–water partition coefficient (Wildman–Crippen LogP) is 3.85. The monoisotopic (exact) mass is 340 g/mol. The van der Waals surface area contributed by atoms with Crippen molar-refractivity contribution in [1.82, 2.24) is 9.88 Å². The maximum Gasteiger partial charge on any atom is 0.119 e. The molecule has 19 heavy (non-hydrogen) atoms. The molecule has 0 bridgehead atoms. The molecule has 5 heteroatoms. The van der Waals surface area contributed by atoms with Crippen LogP contribution in [0.25, 0.3) is 0 Å². The van der Waals surface area contributed by atoms with Crippen molar-refractivity contribution in [3.05, 3.63) is 44.3 Å². The molecular formula is C14H17BrN2OS. The van der Waals surface area contributed by atoms with E-state index in [0.29, 0.717) is 0 Å². The van der Waals surface area contributed by atoms with Crippen molar-refractivity contribution in [2.45, 2.75) is 20.0 Å². The molecule has 2 rings (SSSR count). The SMILES string of the molecule is COc1ccc(Br)c(CN(C)Cc2scnc2C)c1. The van der Waals surface area contributed by atoms with Crippen LogP contribution < -0.4 is 4.74 Å². The number of aryl methyl sites for hydroxylation is 1. The molecule has 0 saturated carbocycles. The molecule has 2 aromatic rings. The molecule has 0 aliphatic carbocycles. The summed E-state index contributed by atoms with van der Waals surface area (Å²) in [6.45, 7) is 3.84. The third-order valence-corrected chi connectivity index (χ3v) is 4.64. The van der Waals surface area contributed by atoms with E-state index in [4.69, 9.17) is 4.74 Å². The Balaban J connectivity index is 2.06. The summed E-state index contributed by atoms with van der Waals surface area (Å²) in [7, 11) is 3.81. The van der Waals surface area contributed by atoms with Gasteiger partial charge in [-0.25, -0.2) is 4.98 Å². The van der Waals surface area contributed by atoms with Gasteiger partial charge in [0.25, 0.3) is 0 Å². The molecule has 0 saturated heterocycles. The van der Waals surface area contributed by atoms with Crippen molar-refractivity contribution >= 4 is 27.3 Å². The minimum Gasteiger partial charge on any atom is -0.497 e. The zero-order valence-corrected chi connectivity index (χ0v) is 13.7. The fourth-order valence-corrected chi connectivity index (χ4v) is 3.10. The lowest BCUT2D eigenvalue weighted by Gasteiger charge is -2.17. The molecule has 0 unspecified atom stereocenters. The Morgan fingerprint density at radius 3 is 2.79 bits per heavy atom. The van der Waals surface area contributed by atoms with Crippen LogP contribution in [0.2, 0.25) is 0 Å². The molecule has 0 aliphatic heterocycles. The van der Waals surface area contributed by atoms with E-state index in [1.54, 1.807) is 18.4 Å². The molecule has 0 radical (unpaired) electrons. The van der Waals surface area contributed by atoms with Crippen molar-refractivity contribution in [3.8, 4) is 5.75 Å². The molecule has 0 fully saturated rings. The summed E-state index contributed by atoms with van der Waals surface area (Å²) in [5.74, 6) is 0.889. The fourth-order valence-electron chi connectivity index (χ4n) is 1.87. The van der Waals surface area contributed by atoms with Crippen LogP contribution in [0.3, 0.4) is 0 Å². The minimum absolute atomic E-state index is 0.870. The first-order valence-electron chi connectivity index (χ1n) is 6.00. The zero-order chi connectivity index (χ0) is 13.8. The van der Waals surface area contributed by atoms with Crippen LogP contribution in [-0.4, -0.2) is 24.0 Å². The van der Waals surface area contributed by atoms with E-state index in [1.165, 1.54) is 10.4 Å². The molecule has 3 nitrogen and oxygen atoms in total. The molecule has 0 spiro atoms. The van der Waals surface area contributed by atoms with E-state index in [1.807, 2.05) is 17.6 Å². The van der Waals surface area contributed by atoms with Crippen LogP contribution in [0.4, 0.5) is 0 Å². The largest absolute Gasteiger partial charge is 0.497 e. The molecular weight excluding hydrogens is 324 g/mol. The number of nitrogens with zero attached hydrogens (tertiary/aromatic N) is 2. The van der Waals surface area contributed by atoms with Crippen LogP contribution in [0.15, 0.2) is 28.2 Å². The Bertz CT molecular complexity index is 556. The van der Waals surface area contributed by atoms with E-state index in [-0.39, 0.29) is 0 Å². The van der Waals surface area contributed by atoms with Crippen molar-refractivity contribution in [2.75, 3.05) is 14.2 Å². The van der Waals surface area contributed by atoms with Crippen LogP contribution in [0.5, 0.6) is 5.75 Å². The number of hydrogen-bond acceptors (Lipinski definition) is 4. The lowest BCUT2D eigenvalue weighted by molar-refractivity contribution is 0.319. The summed E-state index contributed by atoms with van der Waals surface area (Å²) in [6.07, 6.45) is 0. The van der Waals surface area contributed by atoms with Gasteiger partial charge in [0, 0.05) is 22.4 Å². The number of benzene rings is 1. The second-order valence-electron chi connectivity index (χ2n) is 4.49. The molecule has 102 valence electrons. The molecule has 0 amide bonds.